The maximum atomic E-state index is 2.54. The van der Waals surface area contributed by atoms with Gasteiger partial charge in [0, 0.05) is 0 Å². The average Bonchev–Trinajstić information content (AvgIpc) is 3.22. The topological polar surface area (TPSA) is 0 Å². The first-order valence-corrected chi connectivity index (χ1v) is 15.1. The Balaban J connectivity index is 1.39. The van der Waals surface area contributed by atoms with Crippen LogP contribution >= 0.6 is 0 Å². The minimum absolute atomic E-state index is 0.325. The predicted octanol–water partition coefficient (Wildman–Crippen LogP) is 9.68. The van der Waals surface area contributed by atoms with Crippen LogP contribution in [0.5, 0.6) is 0 Å². The molecule has 6 aromatic carbocycles. The molecule has 0 radical (unpaired) electrons. The van der Waals surface area contributed by atoms with Gasteiger partial charge in [-0.05, 0) is 129 Å². The van der Waals surface area contributed by atoms with Crippen molar-refractivity contribution in [2.24, 2.45) is 0 Å². The molecule has 0 nitrogen and oxygen atoms in total. The third-order valence-electron chi connectivity index (χ3n) is 10.3. The van der Waals surface area contributed by atoms with Crippen LogP contribution in [0.15, 0.2) is 109 Å². The van der Waals surface area contributed by atoms with Gasteiger partial charge in [0.15, 0.2) is 0 Å². The van der Waals surface area contributed by atoms with Crippen molar-refractivity contribution in [2.45, 2.75) is 44.9 Å². The molecule has 196 valence electrons. The number of rotatable bonds is 3. The van der Waals surface area contributed by atoms with Gasteiger partial charge in [0.1, 0.15) is 0 Å². The summed E-state index contributed by atoms with van der Waals surface area (Å²) < 4.78 is 0. The second kappa shape index (κ2) is 8.30. The van der Waals surface area contributed by atoms with Crippen LogP contribution in [0.3, 0.4) is 0 Å². The summed E-state index contributed by atoms with van der Waals surface area (Å²) >= 11 is 0. The van der Waals surface area contributed by atoms with E-state index in [1.807, 2.05) is 0 Å². The second-order valence-electron chi connectivity index (χ2n) is 12.5. The summed E-state index contributed by atoms with van der Waals surface area (Å²) in [5.74, 6) is 0. The molecular formula is C41H32. The van der Waals surface area contributed by atoms with Gasteiger partial charge in [0.25, 0.3) is 0 Å². The van der Waals surface area contributed by atoms with Crippen molar-refractivity contribution < 1.29 is 0 Å². The Morgan fingerprint density at radius 1 is 0.463 bits per heavy atom. The second-order valence-corrected chi connectivity index (χ2v) is 12.5. The SMILES string of the molecule is Cc1ccc2c(c1)C(c1ccc3c(c1)CC3)(c1ccc3c(c1)CC3)c1cc(C)c(-c3cccc4ccccc34)cc1-2. The van der Waals surface area contributed by atoms with Crippen molar-refractivity contribution in [3.8, 4) is 22.3 Å². The van der Waals surface area contributed by atoms with Crippen molar-refractivity contribution >= 4 is 10.8 Å². The number of aryl methyl sites for hydroxylation is 6. The Kier molecular flexibility index (Phi) is 4.72. The molecule has 3 aliphatic carbocycles. The van der Waals surface area contributed by atoms with Gasteiger partial charge in [0.05, 0.1) is 5.41 Å². The van der Waals surface area contributed by atoms with Gasteiger partial charge in [-0.2, -0.15) is 0 Å². The Hall–Kier alpha value is -4.42. The number of fused-ring (bicyclic) bond motifs is 6. The molecule has 0 saturated heterocycles. The normalized spacial score (nSPS) is 15.4. The van der Waals surface area contributed by atoms with E-state index in [-0.39, 0.29) is 5.41 Å². The van der Waals surface area contributed by atoms with Gasteiger partial charge in [-0.25, -0.2) is 0 Å². The minimum atomic E-state index is -0.325. The van der Waals surface area contributed by atoms with Gasteiger partial charge in [-0.1, -0.05) is 109 Å². The Bertz CT molecular complexity index is 2010. The lowest BCUT2D eigenvalue weighted by Gasteiger charge is -2.37. The van der Waals surface area contributed by atoms with E-state index in [1.165, 1.54) is 114 Å². The first-order valence-electron chi connectivity index (χ1n) is 15.1. The lowest BCUT2D eigenvalue weighted by molar-refractivity contribution is 0.739. The van der Waals surface area contributed by atoms with Crippen LogP contribution in [-0.2, 0) is 31.1 Å². The molecule has 0 atom stereocenters. The zero-order valence-electron chi connectivity index (χ0n) is 23.7. The third kappa shape index (κ3) is 3.11. The quantitative estimate of drug-likeness (QED) is 0.216. The predicted molar refractivity (Wildman–Crippen MR) is 171 cm³/mol. The Labute approximate surface area is 242 Å². The Morgan fingerprint density at radius 3 is 1.80 bits per heavy atom. The smallest absolute Gasteiger partial charge is 0.0616 e. The summed E-state index contributed by atoms with van der Waals surface area (Å²) in [6.45, 7) is 4.56. The first-order chi connectivity index (χ1) is 20.1. The van der Waals surface area contributed by atoms with Crippen LogP contribution in [0, 0.1) is 13.8 Å². The molecule has 41 heavy (non-hydrogen) atoms. The molecule has 0 heteroatoms. The van der Waals surface area contributed by atoms with Crippen LogP contribution in [0.2, 0.25) is 0 Å². The molecule has 3 aliphatic rings. The van der Waals surface area contributed by atoms with Crippen LogP contribution in [0.1, 0.15) is 55.6 Å². The maximum absolute atomic E-state index is 2.54. The van der Waals surface area contributed by atoms with Crippen LogP contribution < -0.4 is 0 Å². The highest BCUT2D eigenvalue weighted by Gasteiger charge is 2.47. The molecule has 0 saturated carbocycles. The van der Waals surface area contributed by atoms with Crippen LogP contribution in [0.4, 0.5) is 0 Å². The van der Waals surface area contributed by atoms with E-state index < -0.39 is 0 Å². The van der Waals surface area contributed by atoms with Crippen molar-refractivity contribution in [3.05, 3.63) is 165 Å². The first kappa shape index (κ1) is 23.3. The molecule has 0 aromatic heterocycles. The zero-order chi connectivity index (χ0) is 27.3. The van der Waals surface area contributed by atoms with E-state index in [4.69, 9.17) is 0 Å². The van der Waals surface area contributed by atoms with Gasteiger partial charge in [-0.3, -0.25) is 0 Å². The minimum Gasteiger partial charge on any atom is -0.0616 e. The highest BCUT2D eigenvalue weighted by atomic mass is 14.5. The van der Waals surface area contributed by atoms with Gasteiger partial charge >= 0.3 is 0 Å². The summed E-state index contributed by atoms with van der Waals surface area (Å²) in [5, 5.41) is 2.61. The molecular weight excluding hydrogens is 492 g/mol. The molecule has 0 N–H and O–H groups in total. The van der Waals surface area contributed by atoms with E-state index >= 15 is 0 Å². The van der Waals surface area contributed by atoms with Gasteiger partial charge < -0.3 is 0 Å². The summed E-state index contributed by atoms with van der Waals surface area (Å²) in [6, 6.07) is 42.4. The summed E-state index contributed by atoms with van der Waals surface area (Å²) in [5.41, 5.74) is 19.5. The highest BCUT2D eigenvalue weighted by Crippen LogP contribution is 2.58. The van der Waals surface area contributed by atoms with E-state index in [0.717, 1.165) is 0 Å². The van der Waals surface area contributed by atoms with Crippen molar-refractivity contribution in [1.82, 2.24) is 0 Å². The summed E-state index contributed by atoms with van der Waals surface area (Å²) in [6.07, 6.45) is 4.80. The maximum Gasteiger partial charge on any atom is 0.0713 e. The monoisotopic (exact) mass is 524 g/mol. The fraction of sp³-hybridized carbons (Fsp3) is 0.171. The van der Waals surface area contributed by atoms with Crippen molar-refractivity contribution in [2.75, 3.05) is 0 Å². The van der Waals surface area contributed by atoms with Crippen molar-refractivity contribution in [3.63, 3.8) is 0 Å². The van der Waals surface area contributed by atoms with E-state index in [1.54, 1.807) is 0 Å². The molecule has 0 bridgehead atoms. The molecule has 0 aliphatic heterocycles. The average molecular weight is 525 g/mol. The molecule has 0 heterocycles. The summed E-state index contributed by atoms with van der Waals surface area (Å²) in [4.78, 5) is 0. The molecule has 0 unspecified atom stereocenters. The molecule has 0 spiro atoms. The lowest BCUT2D eigenvalue weighted by atomic mass is 9.65. The Morgan fingerprint density at radius 2 is 1.12 bits per heavy atom. The largest absolute Gasteiger partial charge is 0.0713 e. The molecule has 0 fully saturated rings. The van der Waals surface area contributed by atoms with E-state index in [9.17, 15) is 0 Å². The summed E-state index contributed by atoms with van der Waals surface area (Å²) in [7, 11) is 0. The van der Waals surface area contributed by atoms with Crippen molar-refractivity contribution in [1.29, 1.82) is 0 Å². The number of benzene rings is 6. The fourth-order valence-electron chi connectivity index (χ4n) is 7.99. The standard InChI is InChI=1S/C41H32/c1-25-10-19-36-38-24-37(35-9-5-7-29-6-3-4-8-34(29)35)26(2)21-40(38)41(39(36)20-25,32-17-15-27-11-13-30(27)22-32)33-18-16-28-12-14-31(28)23-33/h3-10,15-24H,11-14H2,1-2H3. The molecule has 9 rings (SSSR count). The van der Waals surface area contributed by atoms with Gasteiger partial charge in [0.2, 0.25) is 0 Å². The number of hydrogen-bond donors (Lipinski definition) is 0. The zero-order valence-corrected chi connectivity index (χ0v) is 23.7. The highest BCUT2D eigenvalue weighted by molar-refractivity contribution is 5.99. The molecule has 6 aromatic rings. The van der Waals surface area contributed by atoms with Crippen LogP contribution in [-0.4, -0.2) is 0 Å². The van der Waals surface area contributed by atoms with Crippen LogP contribution in [0.25, 0.3) is 33.0 Å². The molecule has 0 amide bonds. The number of hydrogen-bond acceptors (Lipinski definition) is 0. The van der Waals surface area contributed by atoms with E-state index in [2.05, 4.69) is 123 Å². The fourth-order valence-corrected chi connectivity index (χ4v) is 7.99. The third-order valence-corrected chi connectivity index (χ3v) is 10.3. The van der Waals surface area contributed by atoms with E-state index in [0.29, 0.717) is 0 Å². The van der Waals surface area contributed by atoms with Gasteiger partial charge in [-0.15, -0.1) is 0 Å². The lowest BCUT2D eigenvalue weighted by Crippen LogP contribution is -2.30.